The quantitative estimate of drug-likeness (QED) is 0.372. The maximum absolute atomic E-state index is 3.30. The molecule has 13 heavy (non-hydrogen) atoms. The van der Waals surface area contributed by atoms with Gasteiger partial charge in [-0.1, -0.05) is 18.2 Å². The van der Waals surface area contributed by atoms with Crippen LogP contribution in [0.1, 0.15) is 5.56 Å². The van der Waals surface area contributed by atoms with Crippen LogP contribution in [0, 0.1) is 11.6 Å². The average Bonchev–Trinajstić information content (AvgIpc) is 2.02. The molecule has 0 unspecified atom stereocenters. The molecule has 1 aromatic rings. The first kappa shape index (κ1) is 13.0. The molecular formula is C11H14AuP+. The Bertz CT molecular complexity index is 300. The molecule has 0 aromatic heterocycles. The van der Waals surface area contributed by atoms with Crippen LogP contribution in [-0.2, 0) is 22.4 Å². The molecule has 0 aliphatic carbocycles. The molecule has 0 N–H and O–H groups in total. The van der Waals surface area contributed by atoms with E-state index in [0.717, 1.165) is 5.56 Å². The summed E-state index contributed by atoms with van der Waals surface area (Å²) in [6, 6.07) is 10.1. The molecule has 0 aliphatic heterocycles. The topological polar surface area (TPSA) is 0 Å². The van der Waals surface area contributed by atoms with Crippen molar-refractivity contribution in [1.29, 1.82) is 0 Å². The molecule has 0 saturated carbocycles. The van der Waals surface area contributed by atoms with E-state index < -0.39 is 7.26 Å². The van der Waals surface area contributed by atoms with E-state index in [1.54, 1.807) is 0 Å². The van der Waals surface area contributed by atoms with Crippen molar-refractivity contribution in [2.45, 2.75) is 0 Å². The van der Waals surface area contributed by atoms with Crippen LogP contribution in [0.2, 0.25) is 0 Å². The van der Waals surface area contributed by atoms with Gasteiger partial charge in [0, 0.05) is 27.9 Å². The first-order valence-electron chi connectivity index (χ1n) is 3.98. The van der Waals surface area contributed by atoms with Crippen molar-refractivity contribution in [3.05, 3.63) is 35.9 Å². The number of benzene rings is 1. The number of hydrogen-bond donors (Lipinski definition) is 0. The van der Waals surface area contributed by atoms with Crippen LogP contribution in [0.25, 0.3) is 0 Å². The molecule has 0 atom stereocenters. The van der Waals surface area contributed by atoms with Crippen molar-refractivity contribution in [3.63, 3.8) is 0 Å². The van der Waals surface area contributed by atoms with Gasteiger partial charge >= 0.3 is 0 Å². The van der Waals surface area contributed by atoms with Gasteiger partial charge in [-0.15, -0.1) is 0 Å². The Hall–Kier alpha value is -0.0497. The standard InChI is InChI=1S/C11H14P.Au/c1-12(2,3)10-9-11-7-5-4-6-8-11;/h4-8H,1-3H3;/q+1;. The Balaban J connectivity index is 0.00000144. The smallest absolute Gasteiger partial charge is 0.0622 e. The van der Waals surface area contributed by atoms with E-state index >= 15 is 0 Å². The van der Waals surface area contributed by atoms with Gasteiger partial charge in [-0.05, 0) is 18.1 Å². The van der Waals surface area contributed by atoms with E-state index in [-0.39, 0.29) is 22.4 Å². The first-order chi connectivity index (χ1) is 5.58. The Morgan fingerprint density at radius 1 is 1.00 bits per heavy atom. The molecule has 0 aliphatic rings. The second-order valence-corrected chi connectivity index (χ2v) is 7.86. The van der Waals surface area contributed by atoms with E-state index in [1.165, 1.54) is 0 Å². The maximum atomic E-state index is 3.30. The summed E-state index contributed by atoms with van der Waals surface area (Å²) in [5, 5.41) is 0. The second-order valence-electron chi connectivity index (χ2n) is 3.62. The van der Waals surface area contributed by atoms with Gasteiger partial charge in [0.15, 0.2) is 0 Å². The Morgan fingerprint density at radius 2 is 1.54 bits per heavy atom. The van der Waals surface area contributed by atoms with Crippen LogP contribution in [0.3, 0.4) is 0 Å². The molecule has 73 valence electrons. The molecule has 0 saturated heterocycles. The molecule has 0 spiro atoms. The van der Waals surface area contributed by atoms with Gasteiger partial charge < -0.3 is 0 Å². The third-order valence-corrected chi connectivity index (χ3v) is 2.09. The molecule has 0 bridgehead atoms. The van der Waals surface area contributed by atoms with E-state index in [1.807, 2.05) is 30.3 Å². The minimum Gasteiger partial charge on any atom is -0.0622 e. The normalized spacial score (nSPS) is 9.46. The minimum absolute atomic E-state index is 0. The van der Waals surface area contributed by atoms with Crippen molar-refractivity contribution < 1.29 is 22.4 Å². The Labute approximate surface area is 97.0 Å². The molecule has 1 radical (unpaired) electrons. The van der Waals surface area contributed by atoms with Crippen molar-refractivity contribution in [2.24, 2.45) is 0 Å². The summed E-state index contributed by atoms with van der Waals surface area (Å²) in [7, 11) is -0.942. The Kier molecular flexibility index (Phi) is 5.61. The van der Waals surface area contributed by atoms with Crippen LogP contribution in [0.15, 0.2) is 30.3 Å². The molecule has 1 rings (SSSR count). The monoisotopic (exact) mass is 374 g/mol. The fourth-order valence-electron chi connectivity index (χ4n) is 0.754. The first-order valence-corrected chi connectivity index (χ1v) is 7.11. The molecular weight excluding hydrogens is 360 g/mol. The molecule has 0 fully saturated rings. The summed E-state index contributed by atoms with van der Waals surface area (Å²) >= 11 is 0. The van der Waals surface area contributed by atoms with Crippen LogP contribution in [-0.4, -0.2) is 20.0 Å². The van der Waals surface area contributed by atoms with Gasteiger partial charge in [0.25, 0.3) is 0 Å². The van der Waals surface area contributed by atoms with E-state index in [0.29, 0.717) is 0 Å². The van der Waals surface area contributed by atoms with Crippen molar-refractivity contribution in [2.75, 3.05) is 20.0 Å². The zero-order chi connectivity index (χ0) is 9.03. The van der Waals surface area contributed by atoms with E-state index in [9.17, 15) is 0 Å². The van der Waals surface area contributed by atoms with Gasteiger partial charge in [-0.2, -0.15) is 0 Å². The average molecular weight is 374 g/mol. The maximum Gasteiger partial charge on any atom is 0.0835 e. The third kappa shape index (κ3) is 6.08. The molecule has 0 nitrogen and oxygen atoms in total. The molecule has 2 heteroatoms. The predicted molar refractivity (Wildman–Crippen MR) is 58.0 cm³/mol. The Morgan fingerprint density at radius 3 is 2.00 bits per heavy atom. The molecule has 0 heterocycles. The summed E-state index contributed by atoms with van der Waals surface area (Å²) in [4.78, 5) is 0. The summed E-state index contributed by atoms with van der Waals surface area (Å²) < 4.78 is 0. The summed E-state index contributed by atoms with van der Waals surface area (Å²) in [6.07, 6.45) is 0. The minimum atomic E-state index is -0.942. The fourth-order valence-corrected chi connectivity index (χ4v) is 1.22. The van der Waals surface area contributed by atoms with Gasteiger partial charge in [-0.3, -0.25) is 0 Å². The van der Waals surface area contributed by atoms with Crippen molar-refractivity contribution in [1.82, 2.24) is 0 Å². The summed E-state index contributed by atoms with van der Waals surface area (Å²) in [5.41, 5.74) is 4.42. The van der Waals surface area contributed by atoms with Gasteiger partial charge in [-0.25, -0.2) is 0 Å². The SMILES string of the molecule is C[P+](C)(C)C#Cc1ccccc1.[Au]. The van der Waals surface area contributed by atoms with Gasteiger partial charge in [0.2, 0.25) is 0 Å². The van der Waals surface area contributed by atoms with E-state index in [4.69, 9.17) is 0 Å². The van der Waals surface area contributed by atoms with Gasteiger partial charge in [0.1, 0.15) is 0 Å². The zero-order valence-electron chi connectivity index (χ0n) is 8.14. The van der Waals surface area contributed by atoms with Crippen LogP contribution in [0.4, 0.5) is 0 Å². The fraction of sp³-hybridized carbons (Fsp3) is 0.273. The van der Waals surface area contributed by atoms with Crippen LogP contribution in [0.5, 0.6) is 0 Å². The number of rotatable bonds is 0. The molecule has 0 amide bonds. The summed E-state index contributed by atoms with van der Waals surface area (Å²) in [6.45, 7) is 6.68. The number of hydrogen-bond acceptors (Lipinski definition) is 0. The predicted octanol–water partition coefficient (Wildman–Crippen LogP) is 2.90. The van der Waals surface area contributed by atoms with Crippen molar-refractivity contribution >= 4 is 7.26 Å². The largest absolute Gasteiger partial charge is 0.0835 e. The van der Waals surface area contributed by atoms with E-state index in [2.05, 4.69) is 31.6 Å². The van der Waals surface area contributed by atoms with Gasteiger partial charge in [0.05, 0.1) is 32.9 Å². The third-order valence-electron chi connectivity index (χ3n) is 1.31. The summed E-state index contributed by atoms with van der Waals surface area (Å²) in [5.74, 6) is 3.18. The van der Waals surface area contributed by atoms with Crippen molar-refractivity contribution in [3.8, 4) is 11.6 Å². The van der Waals surface area contributed by atoms with Crippen LogP contribution < -0.4 is 0 Å². The second kappa shape index (κ2) is 5.63. The zero-order valence-corrected chi connectivity index (χ0v) is 11.2. The molecule has 1 aromatic carbocycles. The van der Waals surface area contributed by atoms with Crippen LogP contribution >= 0.6 is 7.26 Å².